The lowest BCUT2D eigenvalue weighted by atomic mass is 10.1. The number of esters is 1. The van der Waals surface area contributed by atoms with Gasteiger partial charge in [-0.2, -0.15) is 0 Å². The van der Waals surface area contributed by atoms with Crippen molar-refractivity contribution in [2.75, 3.05) is 14.2 Å². The Hall–Kier alpha value is -1.16. The van der Waals surface area contributed by atoms with Crippen LogP contribution in [0, 0.1) is 13.8 Å². The molecule has 0 radical (unpaired) electrons. The lowest BCUT2D eigenvalue weighted by Gasteiger charge is -2.15. The monoisotopic (exact) mass is 268 g/mol. The molecule has 0 fully saturated rings. The topological polar surface area (TPSA) is 35.5 Å². The van der Waals surface area contributed by atoms with Crippen LogP contribution in [0.3, 0.4) is 0 Å². The van der Waals surface area contributed by atoms with E-state index < -0.39 is 0 Å². The normalized spacial score (nSPS) is 12.1. The van der Waals surface area contributed by atoms with E-state index in [1.54, 1.807) is 18.9 Å². The average molecular weight is 268 g/mol. The summed E-state index contributed by atoms with van der Waals surface area (Å²) < 4.78 is 10.1. The van der Waals surface area contributed by atoms with Crippen LogP contribution in [-0.4, -0.2) is 25.4 Å². The van der Waals surface area contributed by atoms with Crippen LogP contribution >= 0.6 is 11.8 Å². The fourth-order valence-corrected chi connectivity index (χ4v) is 2.85. The van der Waals surface area contributed by atoms with Gasteiger partial charge in [-0.05, 0) is 43.5 Å². The van der Waals surface area contributed by atoms with Crippen molar-refractivity contribution in [2.45, 2.75) is 37.3 Å². The number of thioether (sulfide) groups is 1. The second-order valence-electron chi connectivity index (χ2n) is 4.13. The van der Waals surface area contributed by atoms with Gasteiger partial charge in [0.2, 0.25) is 0 Å². The molecular formula is C14H20O3S. The van der Waals surface area contributed by atoms with Crippen molar-refractivity contribution in [1.29, 1.82) is 0 Å². The summed E-state index contributed by atoms with van der Waals surface area (Å²) in [5, 5.41) is -0.151. The molecule has 0 amide bonds. The summed E-state index contributed by atoms with van der Waals surface area (Å²) in [6, 6.07) is 4.06. The van der Waals surface area contributed by atoms with Gasteiger partial charge < -0.3 is 9.47 Å². The average Bonchev–Trinajstić information content (AvgIpc) is 2.38. The Bertz CT molecular complexity index is 429. The molecule has 3 nitrogen and oxygen atoms in total. The van der Waals surface area contributed by atoms with E-state index in [4.69, 9.17) is 9.47 Å². The Morgan fingerprint density at radius 3 is 2.44 bits per heavy atom. The number of rotatable bonds is 5. The Balaban J connectivity index is 2.96. The Morgan fingerprint density at radius 2 is 1.94 bits per heavy atom. The number of hydrogen-bond acceptors (Lipinski definition) is 4. The van der Waals surface area contributed by atoms with E-state index in [1.165, 1.54) is 7.11 Å². The predicted molar refractivity (Wildman–Crippen MR) is 74.4 cm³/mol. The minimum atomic E-state index is -0.171. The van der Waals surface area contributed by atoms with E-state index >= 15 is 0 Å². The van der Waals surface area contributed by atoms with Crippen LogP contribution in [0.4, 0.5) is 0 Å². The first-order valence-electron chi connectivity index (χ1n) is 5.93. The number of methoxy groups -OCH3 is 2. The molecule has 100 valence electrons. The van der Waals surface area contributed by atoms with Crippen LogP contribution in [-0.2, 0) is 9.53 Å². The minimum Gasteiger partial charge on any atom is -0.496 e. The summed E-state index contributed by atoms with van der Waals surface area (Å²) in [7, 11) is 3.09. The molecule has 1 aromatic carbocycles. The van der Waals surface area contributed by atoms with Crippen molar-refractivity contribution in [3.63, 3.8) is 0 Å². The van der Waals surface area contributed by atoms with Gasteiger partial charge in [0.05, 0.1) is 14.2 Å². The van der Waals surface area contributed by atoms with E-state index in [9.17, 15) is 4.79 Å². The van der Waals surface area contributed by atoms with E-state index in [1.807, 2.05) is 26.8 Å². The van der Waals surface area contributed by atoms with Crippen molar-refractivity contribution in [3.8, 4) is 5.75 Å². The van der Waals surface area contributed by atoms with E-state index in [2.05, 4.69) is 6.07 Å². The lowest BCUT2D eigenvalue weighted by Crippen LogP contribution is -2.17. The van der Waals surface area contributed by atoms with Crippen LogP contribution in [0.5, 0.6) is 5.75 Å². The zero-order valence-corrected chi connectivity index (χ0v) is 12.4. The van der Waals surface area contributed by atoms with Crippen molar-refractivity contribution >= 4 is 17.7 Å². The summed E-state index contributed by atoms with van der Waals surface area (Å²) >= 11 is 1.55. The molecular weight excluding hydrogens is 248 g/mol. The minimum absolute atomic E-state index is 0.151. The van der Waals surface area contributed by atoms with Crippen molar-refractivity contribution < 1.29 is 14.3 Å². The Labute approximate surface area is 113 Å². The van der Waals surface area contributed by atoms with Gasteiger partial charge in [-0.15, -0.1) is 11.8 Å². The van der Waals surface area contributed by atoms with Gasteiger partial charge in [0.25, 0.3) is 0 Å². The molecule has 0 aliphatic heterocycles. The fourth-order valence-electron chi connectivity index (χ4n) is 1.69. The van der Waals surface area contributed by atoms with E-state index in [0.717, 1.165) is 28.2 Å². The van der Waals surface area contributed by atoms with Crippen LogP contribution in [0.2, 0.25) is 0 Å². The zero-order valence-electron chi connectivity index (χ0n) is 11.6. The van der Waals surface area contributed by atoms with Crippen LogP contribution in [0.25, 0.3) is 0 Å². The maximum Gasteiger partial charge on any atom is 0.319 e. The molecule has 4 heteroatoms. The second kappa shape index (κ2) is 6.69. The first-order chi connectivity index (χ1) is 8.53. The lowest BCUT2D eigenvalue weighted by molar-refractivity contribution is -0.140. The van der Waals surface area contributed by atoms with Crippen LogP contribution in [0.1, 0.15) is 24.5 Å². The SMILES string of the molecule is CCC(Sc1cc(C)c(OC)cc1C)C(=O)OC. The molecule has 0 aliphatic carbocycles. The molecule has 1 atom stereocenters. The molecule has 0 spiro atoms. The molecule has 0 aliphatic rings. The molecule has 0 saturated carbocycles. The second-order valence-corrected chi connectivity index (χ2v) is 5.37. The highest BCUT2D eigenvalue weighted by Crippen LogP contribution is 2.33. The summed E-state index contributed by atoms with van der Waals surface area (Å²) in [5.74, 6) is 0.707. The number of aryl methyl sites for hydroxylation is 2. The van der Waals surface area contributed by atoms with Crippen molar-refractivity contribution in [2.24, 2.45) is 0 Å². The Kier molecular flexibility index (Phi) is 5.54. The quantitative estimate of drug-likeness (QED) is 0.606. The molecule has 1 rings (SSSR count). The summed E-state index contributed by atoms with van der Waals surface area (Å²) in [5.41, 5.74) is 2.19. The third-order valence-electron chi connectivity index (χ3n) is 2.80. The molecule has 0 bridgehead atoms. The van der Waals surface area contributed by atoms with Gasteiger partial charge in [-0.3, -0.25) is 4.79 Å². The highest BCUT2D eigenvalue weighted by atomic mass is 32.2. The predicted octanol–water partition coefficient (Wildman–Crippen LogP) is 3.36. The summed E-state index contributed by atoms with van der Waals surface area (Å²) in [6.45, 7) is 6.01. The smallest absolute Gasteiger partial charge is 0.319 e. The Morgan fingerprint density at radius 1 is 1.28 bits per heavy atom. The maximum atomic E-state index is 11.6. The molecule has 0 heterocycles. The molecule has 0 saturated heterocycles. The largest absolute Gasteiger partial charge is 0.496 e. The number of carbonyl (C=O) groups excluding carboxylic acids is 1. The zero-order chi connectivity index (χ0) is 13.7. The van der Waals surface area contributed by atoms with Crippen molar-refractivity contribution in [1.82, 2.24) is 0 Å². The third kappa shape index (κ3) is 3.42. The van der Waals surface area contributed by atoms with Crippen LogP contribution in [0.15, 0.2) is 17.0 Å². The number of ether oxygens (including phenoxy) is 2. The van der Waals surface area contributed by atoms with Crippen LogP contribution < -0.4 is 4.74 Å². The first kappa shape index (κ1) is 14.9. The molecule has 0 aromatic heterocycles. The standard InChI is InChI=1S/C14H20O3S/c1-6-12(14(15)17-5)18-13-8-9(2)11(16-4)7-10(13)3/h7-8,12H,6H2,1-5H3. The number of carbonyl (C=O) groups is 1. The molecule has 0 N–H and O–H groups in total. The van der Waals surface area contributed by atoms with Gasteiger partial charge in [0.15, 0.2) is 0 Å². The van der Waals surface area contributed by atoms with Gasteiger partial charge in [0.1, 0.15) is 11.0 Å². The number of benzene rings is 1. The summed E-state index contributed by atoms with van der Waals surface area (Å²) in [6.07, 6.45) is 0.752. The van der Waals surface area contributed by atoms with Crippen molar-refractivity contribution in [3.05, 3.63) is 23.3 Å². The van der Waals surface area contributed by atoms with Gasteiger partial charge in [0, 0.05) is 4.90 Å². The highest BCUT2D eigenvalue weighted by molar-refractivity contribution is 8.00. The first-order valence-corrected chi connectivity index (χ1v) is 6.81. The highest BCUT2D eigenvalue weighted by Gasteiger charge is 2.19. The van der Waals surface area contributed by atoms with Gasteiger partial charge in [-0.1, -0.05) is 6.92 Å². The molecule has 1 unspecified atom stereocenters. The molecule has 18 heavy (non-hydrogen) atoms. The van der Waals surface area contributed by atoms with Gasteiger partial charge >= 0.3 is 5.97 Å². The third-order valence-corrected chi connectivity index (χ3v) is 4.30. The van der Waals surface area contributed by atoms with E-state index in [0.29, 0.717) is 0 Å². The summed E-state index contributed by atoms with van der Waals surface area (Å²) in [4.78, 5) is 12.7. The van der Waals surface area contributed by atoms with E-state index in [-0.39, 0.29) is 11.2 Å². The fraction of sp³-hybridized carbons (Fsp3) is 0.500. The van der Waals surface area contributed by atoms with Gasteiger partial charge in [-0.25, -0.2) is 0 Å². The number of hydrogen-bond donors (Lipinski definition) is 0. The maximum absolute atomic E-state index is 11.6. The molecule has 1 aromatic rings.